The molecule has 0 radical (unpaired) electrons. The zero-order valence-corrected chi connectivity index (χ0v) is 11.4. The molecule has 0 bridgehead atoms. The van der Waals surface area contributed by atoms with Gasteiger partial charge in [0.25, 0.3) is 5.92 Å². The summed E-state index contributed by atoms with van der Waals surface area (Å²) < 4.78 is 28.1. The van der Waals surface area contributed by atoms with Crippen molar-refractivity contribution >= 4 is 22.4 Å². The molecule has 1 fully saturated rings. The molecular formula is C14H15F2N5. The van der Waals surface area contributed by atoms with Crippen LogP contribution in [0.3, 0.4) is 0 Å². The third kappa shape index (κ3) is 2.49. The van der Waals surface area contributed by atoms with Gasteiger partial charge in [0.05, 0.1) is 11.6 Å². The first-order valence-corrected chi connectivity index (χ1v) is 6.76. The second kappa shape index (κ2) is 4.88. The van der Waals surface area contributed by atoms with Crippen LogP contribution in [-0.4, -0.2) is 28.8 Å². The Morgan fingerprint density at radius 2 is 2.05 bits per heavy atom. The zero-order chi connectivity index (χ0) is 15.0. The Labute approximate surface area is 120 Å². The van der Waals surface area contributed by atoms with E-state index in [1.165, 1.54) is 0 Å². The first-order valence-electron chi connectivity index (χ1n) is 6.76. The van der Waals surface area contributed by atoms with Crippen LogP contribution in [0.25, 0.3) is 10.9 Å². The summed E-state index contributed by atoms with van der Waals surface area (Å²) in [4.78, 5) is 1.84. The number of fused-ring (bicyclic) bond motifs is 1. The quantitative estimate of drug-likeness (QED) is 0.862. The molecular weight excluding hydrogens is 276 g/mol. The predicted octanol–water partition coefficient (Wildman–Crippen LogP) is 2.38. The Morgan fingerprint density at radius 3 is 2.71 bits per heavy atom. The lowest BCUT2D eigenvalue weighted by Gasteiger charge is -2.32. The average molecular weight is 291 g/mol. The lowest BCUT2D eigenvalue weighted by atomic mass is 10.1. The van der Waals surface area contributed by atoms with E-state index >= 15 is 0 Å². The standard InChI is InChI=1S/C14H15F2N5/c15-14(16)3-6-20(7-4-14)13-11-9-10(18)1-2-12(11)21(19-13)8-5-17/h1-2,9H,3-4,6-8,18H2. The van der Waals surface area contributed by atoms with E-state index in [1.807, 2.05) is 4.90 Å². The fourth-order valence-electron chi connectivity index (χ4n) is 2.65. The van der Waals surface area contributed by atoms with Gasteiger partial charge in [0.15, 0.2) is 5.82 Å². The minimum absolute atomic E-state index is 0.115. The maximum atomic E-state index is 13.3. The average Bonchev–Trinajstić information content (AvgIpc) is 2.77. The molecule has 3 rings (SSSR count). The minimum atomic E-state index is -2.60. The first-order chi connectivity index (χ1) is 10.00. The molecule has 110 valence electrons. The Bertz CT molecular complexity index is 706. The van der Waals surface area contributed by atoms with Gasteiger partial charge < -0.3 is 10.6 Å². The van der Waals surface area contributed by atoms with Gasteiger partial charge >= 0.3 is 0 Å². The van der Waals surface area contributed by atoms with Gasteiger partial charge in [-0.1, -0.05) is 0 Å². The Hall–Kier alpha value is -2.36. The van der Waals surface area contributed by atoms with Crippen molar-refractivity contribution in [1.29, 1.82) is 5.26 Å². The number of hydrogen-bond acceptors (Lipinski definition) is 4. The number of nitriles is 1. The summed E-state index contributed by atoms with van der Waals surface area (Å²) in [7, 11) is 0. The molecule has 2 aromatic rings. The molecule has 0 saturated carbocycles. The van der Waals surface area contributed by atoms with Crippen LogP contribution in [0.15, 0.2) is 18.2 Å². The van der Waals surface area contributed by atoms with Crippen LogP contribution >= 0.6 is 0 Å². The molecule has 1 aromatic carbocycles. The van der Waals surface area contributed by atoms with Crippen molar-refractivity contribution in [3.05, 3.63) is 18.2 Å². The van der Waals surface area contributed by atoms with E-state index in [9.17, 15) is 8.78 Å². The zero-order valence-electron chi connectivity index (χ0n) is 11.4. The van der Waals surface area contributed by atoms with Gasteiger partial charge in [-0.3, -0.25) is 0 Å². The highest BCUT2D eigenvalue weighted by Crippen LogP contribution is 2.34. The second-order valence-electron chi connectivity index (χ2n) is 5.26. The van der Waals surface area contributed by atoms with E-state index in [0.717, 1.165) is 10.9 Å². The van der Waals surface area contributed by atoms with Crippen molar-refractivity contribution < 1.29 is 8.78 Å². The van der Waals surface area contributed by atoms with Crippen molar-refractivity contribution in [2.75, 3.05) is 23.7 Å². The van der Waals surface area contributed by atoms with Crippen LogP contribution in [0.2, 0.25) is 0 Å². The van der Waals surface area contributed by atoms with Crippen molar-refractivity contribution in [3.8, 4) is 6.07 Å². The SMILES string of the molecule is N#CCn1nc(N2CCC(F)(F)CC2)c2cc(N)ccc21. The highest BCUT2D eigenvalue weighted by Gasteiger charge is 2.35. The monoisotopic (exact) mass is 291 g/mol. The summed E-state index contributed by atoms with van der Waals surface area (Å²) in [6.07, 6.45) is -0.357. The van der Waals surface area contributed by atoms with Gasteiger partial charge in [0.1, 0.15) is 6.54 Å². The molecule has 0 atom stereocenters. The minimum Gasteiger partial charge on any atom is -0.399 e. The number of aromatic nitrogens is 2. The number of nitrogens with zero attached hydrogens (tertiary/aromatic N) is 4. The topological polar surface area (TPSA) is 70.9 Å². The Kier molecular flexibility index (Phi) is 3.16. The van der Waals surface area contributed by atoms with E-state index in [4.69, 9.17) is 11.0 Å². The number of hydrogen-bond donors (Lipinski definition) is 1. The molecule has 1 aromatic heterocycles. The van der Waals surface area contributed by atoms with Crippen molar-refractivity contribution in [1.82, 2.24) is 9.78 Å². The highest BCUT2D eigenvalue weighted by atomic mass is 19.3. The van der Waals surface area contributed by atoms with E-state index < -0.39 is 5.92 Å². The summed E-state index contributed by atoms with van der Waals surface area (Å²) in [5, 5.41) is 14.1. The predicted molar refractivity (Wildman–Crippen MR) is 76.2 cm³/mol. The molecule has 0 amide bonds. The molecule has 21 heavy (non-hydrogen) atoms. The molecule has 0 unspecified atom stereocenters. The van der Waals surface area contributed by atoms with Crippen molar-refractivity contribution in [3.63, 3.8) is 0 Å². The number of piperidine rings is 1. The van der Waals surface area contributed by atoms with Gasteiger partial charge in [0.2, 0.25) is 0 Å². The van der Waals surface area contributed by atoms with Crippen LogP contribution in [0.4, 0.5) is 20.3 Å². The summed E-state index contributed by atoms with van der Waals surface area (Å²) in [6.45, 7) is 0.616. The lowest BCUT2D eigenvalue weighted by Crippen LogP contribution is -2.39. The molecule has 0 aliphatic carbocycles. The number of nitrogens with two attached hydrogens (primary N) is 1. The Morgan fingerprint density at radius 1 is 1.33 bits per heavy atom. The molecule has 0 spiro atoms. The number of rotatable bonds is 2. The maximum absolute atomic E-state index is 13.3. The summed E-state index contributed by atoms with van der Waals surface area (Å²) >= 11 is 0. The van der Waals surface area contributed by atoms with Gasteiger partial charge in [-0.15, -0.1) is 0 Å². The fourth-order valence-corrected chi connectivity index (χ4v) is 2.65. The lowest BCUT2D eigenvalue weighted by molar-refractivity contribution is -0.0221. The van der Waals surface area contributed by atoms with E-state index in [0.29, 0.717) is 11.5 Å². The van der Waals surface area contributed by atoms with Gasteiger partial charge in [-0.2, -0.15) is 10.4 Å². The largest absolute Gasteiger partial charge is 0.399 e. The summed E-state index contributed by atoms with van der Waals surface area (Å²) in [5.74, 6) is -1.97. The molecule has 5 nitrogen and oxygen atoms in total. The third-order valence-electron chi connectivity index (χ3n) is 3.77. The normalized spacial score (nSPS) is 17.9. The number of nitrogen functional groups attached to an aromatic ring is 1. The van der Waals surface area contributed by atoms with Crippen molar-refractivity contribution in [2.45, 2.75) is 25.3 Å². The molecule has 1 saturated heterocycles. The molecule has 7 heteroatoms. The van der Waals surface area contributed by atoms with Crippen LogP contribution in [0, 0.1) is 11.3 Å². The molecule has 1 aliphatic heterocycles. The van der Waals surface area contributed by atoms with Gasteiger partial charge in [-0.25, -0.2) is 13.5 Å². The second-order valence-corrected chi connectivity index (χ2v) is 5.26. The highest BCUT2D eigenvalue weighted by molar-refractivity contribution is 5.93. The van der Waals surface area contributed by atoms with E-state index in [2.05, 4.69) is 11.2 Å². The number of benzene rings is 1. The summed E-state index contributed by atoms with van der Waals surface area (Å²) in [5.41, 5.74) is 7.18. The number of halogens is 2. The van der Waals surface area contributed by atoms with E-state index in [-0.39, 0.29) is 32.5 Å². The first kappa shape index (κ1) is 13.6. The van der Waals surface area contributed by atoms with Crippen LogP contribution in [-0.2, 0) is 6.54 Å². The smallest absolute Gasteiger partial charge is 0.251 e. The fraction of sp³-hybridized carbons (Fsp3) is 0.429. The van der Waals surface area contributed by atoms with Crippen molar-refractivity contribution in [2.24, 2.45) is 0 Å². The van der Waals surface area contributed by atoms with Crippen LogP contribution in [0.5, 0.6) is 0 Å². The van der Waals surface area contributed by atoms with Crippen LogP contribution < -0.4 is 10.6 Å². The molecule has 1 aliphatic rings. The third-order valence-corrected chi connectivity index (χ3v) is 3.77. The number of anilines is 2. The van der Waals surface area contributed by atoms with Gasteiger partial charge in [-0.05, 0) is 18.2 Å². The Balaban J connectivity index is 2.02. The maximum Gasteiger partial charge on any atom is 0.251 e. The summed E-state index contributed by atoms with van der Waals surface area (Å²) in [6, 6.07) is 7.37. The molecule has 2 N–H and O–H groups in total. The molecule has 2 heterocycles. The van der Waals surface area contributed by atoms with E-state index in [1.54, 1.807) is 22.9 Å². The van der Waals surface area contributed by atoms with Gasteiger partial charge in [0, 0.05) is 37.0 Å². The number of alkyl halides is 2. The van der Waals surface area contributed by atoms with Crippen LogP contribution in [0.1, 0.15) is 12.8 Å².